The highest BCUT2D eigenvalue weighted by Gasteiger charge is 2.16. The van der Waals surface area contributed by atoms with Crippen LogP contribution in [0.1, 0.15) is 28.9 Å². The first-order chi connectivity index (χ1) is 9.49. The molecule has 0 saturated carbocycles. The third-order valence-corrected chi connectivity index (χ3v) is 3.87. The zero-order chi connectivity index (χ0) is 14.7. The third kappa shape index (κ3) is 3.48. The highest BCUT2D eigenvalue weighted by Crippen LogP contribution is 2.24. The highest BCUT2D eigenvalue weighted by molar-refractivity contribution is 7.80. The van der Waals surface area contributed by atoms with Gasteiger partial charge >= 0.3 is 0 Å². The molecule has 0 aliphatic heterocycles. The average molecular weight is 326 g/mol. The van der Waals surface area contributed by atoms with Crippen LogP contribution in [0.4, 0.5) is 0 Å². The lowest BCUT2D eigenvalue weighted by Crippen LogP contribution is -2.27. The quantitative estimate of drug-likeness (QED) is 0.782. The third-order valence-electron chi connectivity index (χ3n) is 2.91. The molecule has 1 atom stereocenters. The number of hydrogen-bond donors (Lipinski definition) is 2. The van der Waals surface area contributed by atoms with E-state index in [1.807, 2.05) is 25.1 Å². The molecule has 20 heavy (non-hydrogen) atoms. The smallest absolute Gasteiger partial charge is 0.253 e. The minimum Gasteiger partial charge on any atom is -0.345 e. The van der Waals surface area contributed by atoms with Gasteiger partial charge in [0.15, 0.2) is 0 Å². The van der Waals surface area contributed by atoms with E-state index in [4.69, 9.17) is 23.2 Å². The summed E-state index contributed by atoms with van der Waals surface area (Å²) in [7, 11) is 0. The Morgan fingerprint density at radius 3 is 2.55 bits per heavy atom. The van der Waals surface area contributed by atoms with Crippen molar-refractivity contribution in [2.24, 2.45) is 0 Å². The van der Waals surface area contributed by atoms with Crippen LogP contribution in [0.25, 0.3) is 0 Å². The number of thiol groups is 1. The number of hydrogen-bond acceptors (Lipinski definition) is 2. The Hall–Kier alpha value is -1.16. The molecule has 1 unspecified atom stereocenters. The Kier molecular flexibility index (Phi) is 4.97. The summed E-state index contributed by atoms with van der Waals surface area (Å²) < 4.78 is 0. The molecule has 5 heteroatoms. The SMILES string of the molecule is CC(NC(=O)c1cc(S)ccc1Cl)c1ccccc1Cl. The van der Waals surface area contributed by atoms with Gasteiger partial charge in [0.05, 0.1) is 16.6 Å². The fourth-order valence-electron chi connectivity index (χ4n) is 1.87. The van der Waals surface area contributed by atoms with Crippen LogP contribution >= 0.6 is 35.8 Å². The van der Waals surface area contributed by atoms with Crippen molar-refractivity contribution in [1.29, 1.82) is 0 Å². The van der Waals surface area contributed by atoms with Gasteiger partial charge in [0.1, 0.15) is 0 Å². The van der Waals surface area contributed by atoms with Crippen molar-refractivity contribution in [1.82, 2.24) is 5.32 Å². The van der Waals surface area contributed by atoms with E-state index in [1.54, 1.807) is 24.3 Å². The molecule has 0 radical (unpaired) electrons. The lowest BCUT2D eigenvalue weighted by atomic mass is 10.1. The second-order valence-corrected chi connectivity index (χ2v) is 5.71. The summed E-state index contributed by atoms with van der Waals surface area (Å²) in [6.07, 6.45) is 0. The Labute approximate surface area is 133 Å². The predicted octanol–water partition coefficient (Wildman–Crippen LogP) is 4.77. The van der Waals surface area contributed by atoms with Crippen molar-refractivity contribution in [2.75, 3.05) is 0 Å². The predicted molar refractivity (Wildman–Crippen MR) is 86.0 cm³/mol. The van der Waals surface area contributed by atoms with E-state index in [1.165, 1.54) is 0 Å². The molecule has 2 nitrogen and oxygen atoms in total. The normalized spacial score (nSPS) is 12.0. The fourth-order valence-corrected chi connectivity index (χ4v) is 2.57. The van der Waals surface area contributed by atoms with E-state index in [0.717, 1.165) is 5.56 Å². The van der Waals surface area contributed by atoms with Crippen LogP contribution in [0.2, 0.25) is 10.0 Å². The van der Waals surface area contributed by atoms with Crippen LogP contribution in [0.3, 0.4) is 0 Å². The van der Waals surface area contributed by atoms with Crippen molar-refractivity contribution in [3.05, 3.63) is 63.6 Å². The first-order valence-electron chi connectivity index (χ1n) is 6.03. The molecule has 2 rings (SSSR count). The average Bonchev–Trinajstić information content (AvgIpc) is 2.41. The Bertz CT molecular complexity index is 646. The molecule has 0 aromatic heterocycles. The van der Waals surface area contributed by atoms with Gasteiger partial charge in [-0.05, 0) is 36.8 Å². The summed E-state index contributed by atoms with van der Waals surface area (Å²) in [4.78, 5) is 12.9. The van der Waals surface area contributed by atoms with Crippen LogP contribution in [0.5, 0.6) is 0 Å². The van der Waals surface area contributed by atoms with E-state index in [0.29, 0.717) is 20.5 Å². The van der Waals surface area contributed by atoms with Gasteiger partial charge in [0, 0.05) is 9.92 Å². The molecule has 0 heterocycles. The van der Waals surface area contributed by atoms with Crippen LogP contribution in [-0.4, -0.2) is 5.91 Å². The topological polar surface area (TPSA) is 29.1 Å². The van der Waals surface area contributed by atoms with Crippen molar-refractivity contribution >= 4 is 41.7 Å². The maximum Gasteiger partial charge on any atom is 0.253 e. The molecule has 1 amide bonds. The summed E-state index contributed by atoms with van der Waals surface area (Å²) in [6.45, 7) is 1.87. The molecule has 0 aliphatic carbocycles. The van der Waals surface area contributed by atoms with Gasteiger partial charge in [-0.3, -0.25) is 4.79 Å². The minimum atomic E-state index is -0.252. The molecule has 0 aliphatic rings. The molecular weight excluding hydrogens is 313 g/mol. The van der Waals surface area contributed by atoms with Crippen LogP contribution < -0.4 is 5.32 Å². The lowest BCUT2D eigenvalue weighted by Gasteiger charge is -2.16. The Balaban J connectivity index is 2.20. The van der Waals surface area contributed by atoms with E-state index < -0.39 is 0 Å². The number of benzene rings is 2. The van der Waals surface area contributed by atoms with Gasteiger partial charge in [0.2, 0.25) is 0 Å². The molecule has 0 fully saturated rings. The van der Waals surface area contributed by atoms with Crippen molar-refractivity contribution in [2.45, 2.75) is 17.9 Å². The highest BCUT2D eigenvalue weighted by atomic mass is 35.5. The largest absolute Gasteiger partial charge is 0.345 e. The second-order valence-electron chi connectivity index (χ2n) is 4.38. The number of nitrogens with one attached hydrogen (secondary N) is 1. The van der Waals surface area contributed by atoms with Crippen molar-refractivity contribution in [3.63, 3.8) is 0 Å². The number of halogens is 2. The van der Waals surface area contributed by atoms with E-state index >= 15 is 0 Å². The van der Waals surface area contributed by atoms with Gasteiger partial charge in [0.25, 0.3) is 5.91 Å². The molecule has 0 saturated heterocycles. The monoisotopic (exact) mass is 325 g/mol. The first kappa shape index (κ1) is 15.2. The number of amides is 1. The van der Waals surface area contributed by atoms with Gasteiger partial charge < -0.3 is 5.32 Å². The molecular formula is C15H13Cl2NOS. The second kappa shape index (κ2) is 6.53. The summed E-state index contributed by atoms with van der Waals surface area (Å²) in [5.41, 5.74) is 1.26. The van der Waals surface area contributed by atoms with Gasteiger partial charge in [-0.2, -0.15) is 0 Å². The maximum atomic E-state index is 12.2. The summed E-state index contributed by atoms with van der Waals surface area (Å²) >= 11 is 16.4. The summed E-state index contributed by atoms with van der Waals surface area (Å²) in [5, 5.41) is 3.89. The molecule has 0 spiro atoms. The fraction of sp³-hybridized carbons (Fsp3) is 0.133. The summed E-state index contributed by atoms with van der Waals surface area (Å²) in [6, 6.07) is 12.2. The molecule has 2 aromatic rings. The first-order valence-corrected chi connectivity index (χ1v) is 7.23. The Morgan fingerprint density at radius 2 is 1.85 bits per heavy atom. The number of carbonyl (C=O) groups is 1. The molecule has 104 valence electrons. The van der Waals surface area contributed by atoms with Crippen LogP contribution in [0, 0.1) is 0 Å². The molecule has 1 N–H and O–H groups in total. The Morgan fingerprint density at radius 1 is 1.15 bits per heavy atom. The number of carbonyl (C=O) groups excluding carboxylic acids is 1. The molecule has 0 bridgehead atoms. The lowest BCUT2D eigenvalue weighted by molar-refractivity contribution is 0.0940. The van der Waals surface area contributed by atoms with Crippen LogP contribution in [-0.2, 0) is 0 Å². The van der Waals surface area contributed by atoms with E-state index in [-0.39, 0.29) is 11.9 Å². The van der Waals surface area contributed by atoms with Gasteiger partial charge in [-0.25, -0.2) is 0 Å². The zero-order valence-corrected chi connectivity index (χ0v) is 13.1. The van der Waals surface area contributed by atoms with Crippen LogP contribution in [0.15, 0.2) is 47.4 Å². The van der Waals surface area contributed by atoms with Crippen molar-refractivity contribution < 1.29 is 4.79 Å². The van der Waals surface area contributed by atoms with E-state index in [9.17, 15) is 4.79 Å². The van der Waals surface area contributed by atoms with Gasteiger partial charge in [-0.15, -0.1) is 12.6 Å². The van der Waals surface area contributed by atoms with Gasteiger partial charge in [-0.1, -0.05) is 41.4 Å². The summed E-state index contributed by atoms with van der Waals surface area (Å²) in [5.74, 6) is -0.252. The standard InChI is InChI=1S/C15H13Cl2NOS/c1-9(11-4-2-3-5-13(11)16)18-15(19)12-8-10(20)6-7-14(12)17/h2-9,20H,1H3,(H,18,19). The van der Waals surface area contributed by atoms with E-state index in [2.05, 4.69) is 17.9 Å². The zero-order valence-electron chi connectivity index (χ0n) is 10.7. The minimum absolute atomic E-state index is 0.212. The van der Waals surface area contributed by atoms with Crippen molar-refractivity contribution in [3.8, 4) is 0 Å². The maximum absolute atomic E-state index is 12.2. The molecule has 2 aromatic carbocycles. The number of rotatable bonds is 3.